The lowest BCUT2D eigenvalue weighted by Gasteiger charge is -2.12. The molecule has 0 spiro atoms. The van der Waals surface area contributed by atoms with Gasteiger partial charge in [0.1, 0.15) is 17.2 Å². The minimum Gasteiger partial charge on any atom is -0.389 e. The van der Waals surface area contributed by atoms with Crippen molar-refractivity contribution in [1.29, 1.82) is 0 Å². The molecule has 1 aromatic rings. The molecule has 0 fully saturated rings. The van der Waals surface area contributed by atoms with Gasteiger partial charge in [-0.15, -0.1) is 0 Å². The monoisotopic (exact) mass is 232 g/mol. The van der Waals surface area contributed by atoms with Crippen LogP contribution >= 0.6 is 11.6 Å². The summed E-state index contributed by atoms with van der Waals surface area (Å²) in [5.41, 5.74) is 5.48. The molecule has 1 aromatic heterocycles. The predicted molar refractivity (Wildman–Crippen MR) is 57.8 cm³/mol. The molecule has 0 saturated carbocycles. The summed E-state index contributed by atoms with van der Waals surface area (Å²) in [6.45, 7) is 0.523. The van der Waals surface area contributed by atoms with Crippen molar-refractivity contribution in [2.75, 3.05) is 31.3 Å². The number of halogens is 1. The summed E-state index contributed by atoms with van der Waals surface area (Å²) in [4.78, 5) is 7.60. The van der Waals surface area contributed by atoms with E-state index in [1.54, 1.807) is 0 Å². The van der Waals surface area contributed by atoms with E-state index in [0.29, 0.717) is 5.82 Å². The highest BCUT2D eigenvalue weighted by Gasteiger charge is 2.08. The highest BCUT2D eigenvalue weighted by Crippen LogP contribution is 2.22. The van der Waals surface area contributed by atoms with Crippen molar-refractivity contribution >= 4 is 23.2 Å². The molecule has 7 heteroatoms. The first kappa shape index (κ1) is 12.0. The molecule has 6 nitrogen and oxygen atoms in total. The summed E-state index contributed by atoms with van der Waals surface area (Å²) in [5, 5.41) is 12.5. The van der Waals surface area contributed by atoms with Crippen LogP contribution in [0.15, 0.2) is 6.33 Å². The van der Waals surface area contributed by atoms with Gasteiger partial charge in [0.2, 0.25) is 0 Å². The highest BCUT2D eigenvalue weighted by atomic mass is 35.5. The van der Waals surface area contributed by atoms with Crippen molar-refractivity contribution in [3.63, 3.8) is 0 Å². The number of methoxy groups -OCH3 is 1. The molecule has 0 aliphatic heterocycles. The van der Waals surface area contributed by atoms with Gasteiger partial charge in [0, 0.05) is 13.7 Å². The summed E-state index contributed by atoms with van der Waals surface area (Å²) >= 11 is 5.83. The molecule has 0 aliphatic rings. The van der Waals surface area contributed by atoms with Crippen LogP contribution in [0.3, 0.4) is 0 Å². The maximum absolute atomic E-state index is 9.37. The normalized spacial score (nSPS) is 12.5. The second kappa shape index (κ2) is 5.69. The third-order valence-electron chi connectivity index (χ3n) is 1.68. The summed E-state index contributed by atoms with van der Waals surface area (Å²) in [6, 6.07) is 0. The average Bonchev–Trinajstić information content (AvgIpc) is 2.21. The van der Waals surface area contributed by atoms with E-state index in [4.69, 9.17) is 22.1 Å². The molecule has 4 N–H and O–H groups in total. The van der Waals surface area contributed by atoms with E-state index < -0.39 is 6.10 Å². The number of nitrogens with one attached hydrogen (secondary N) is 1. The largest absolute Gasteiger partial charge is 0.389 e. The second-order valence-electron chi connectivity index (χ2n) is 2.91. The Morgan fingerprint density at radius 2 is 2.40 bits per heavy atom. The van der Waals surface area contributed by atoms with E-state index in [2.05, 4.69) is 15.3 Å². The zero-order chi connectivity index (χ0) is 11.3. The van der Waals surface area contributed by atoms with E-state index in [0.717, 1.165) is 0 Å². The van der Waals surface area contributed by atoms with Crippen molar-refractivity contribution in [3.05, 3.63) is 11.3 Å². The number of nitrogens with zero attached hydrogens (tertiary/aromatic N) is 2. The van der Waals surface area contributed by atoms with E-state index >= 15 is 0 Å². The summed E-state index contributed by atoms with van der Waals surface area (Å²) in [5.74, 6) is 0.606. The van der Waals surface area contributed by atoms with Crippen LogP contribution in [-0.2, 0) is 4.74 Å². The van der Waals surface area contributed by atoms with E-state index in [9.17, 15) is 5.11 Å². The Morgan fingerprint density at radius 1 is 1.67 bits per heavy atom. The van der Waals surface area contributed by atoms with Gasteiger partial charge in [-0.2, -0.15) is 0 Å². The van der Waals surface area contributed by atoms with Gasteiger partial charge in [-0.3, -0.25) is 0 Å². The molecule has 1 rings (SSSR count). The number of rotatable bonds is 5. The number of nitrogen functional groups attached to an aromatic ring is 1. The first-order chi connectivity index (χ1) is 7.15. The van der Waals surface area contributed by atoms with Crippen molar-refractivity contribution in [3.8, 4) is 0 Å². The van der Waals surface area contributed by atoms with Crippen molar-refractivity contribution in [1.82, 2.24) is 9.97 Å². The predicted octanol–water partition coefficient (Wildman–Crippen LogP) is 0.131. The Hall–Kier alpha value is -1.11. The van der Waals surface area contributed by atoms with Crippen molar-refractivity contribution in [2.24, 2.45) is 0 Å². The van der Waals surface area contributed by atoms with Gasteiger partial charge >= 0.3 is 0 Å². The first-order valence-electron chi connectivity index (χ1n) is 4.32. The lowest BCUT2D eigenvalue weighted by Crippen LogP contribution is -2.24. The van der Waals surface area contributed by atoms with Crippen molar-refractivity contribution < 1.29 is 9.84 Å². The second-order valence-corrected chi connectivity index (χ2v) is 3.29. The molecule has 0 amide bonds. The number of ether oxygens (including phenoxy) is 1. The maximum Gasteiger partial charge on any atom is 0.150 e. The van der Waals surface area contributed by atoms with Crippen LogP contribution in [0.5, 0.6) is 0 Å². The number of anilines is 2. The smallest absolute Gasteiger partial charge is 0.150 e. The van der Waals surface area contributed by atoms with E-state index in [1.165, 1.54) is 13.4 Å². The Kier molecular flexibility index (Phi) is 4.54. The van der Waals surface area contributed by atoms with Gasteiger partial charge in [-0.05, 0) is 0 Å². The fourth-order valence-electron chi connectivity index (χ4n) is 0.973. The standard InChI is InChI=1S/C8H13ClN4O2/c1-15-3-5(14)2-11-8-6(9)7(10)12-4-13-8/h4-5,14H,2-3H2,1H3,(H3,10,11,12,13). The van der Waals surface area contributed by atoms with Gasteiger partial charge < -0.3 is 20.9 Å². The SMILES string of the molecule is COCC(O)CNc1ncnc(N)c1Cl. The van der Waals surface area contributed by atoms with Gasteiger partial charge in [-0.1, -0.05) is 11.6 Å². The number of hydrogen-bond donors (Lipinski definition) is 3. The number of hydrogen-bond acceptors (Lipinski definition) is 6. The number of aromatic nitrogens is 2. The fourth-order valence-corrected chi connectivity index (χ4v) is 1.14. The molecular formula is C8H13ClN4O2. The Balaban J connectivity index is 2.54. The third kappa shape index (κ3) is 3.50. The number of aliphatic hydroxyl groups is 1. The highest BCUT2D eigenvalue weighted by molar-refractivity contribution is 6.35. The first-order valence-corrected chi connectivity index (χ1v) is 4.69. The van der Waals surface area contributed by atoms with Crippen molar-refractivity contribution in [2.45, 2.75) is 6.10 Å². The molecule has 0 aromatic carbocycles. The molecule has 15 heavy (non-hydrogen) atoms. The molecule has 0 bridgehead atoms. The maximum atomic E-state index is 9.37. The number of nitrogens with two attached hydrogens (primary N) is 1. The molecule has 0 aliphatic carbocycles. The minimum atomic E-state index is -0.623. The molecule has 1 atom stereocenters. The molecular weight excluding hydrogens is 220 g/mol. The average molecular weight is 233 g/mol. The third-order valence-corrected chi connectivity index (χ3v) is 2.05. The number of aliphatic hydroxyl groups excluding tert-OH is 1. The minimum absolute atomic E-state index is 0.204. The topological polar surface area (TPSA) is 93.3 Å². The lowest BCUT2D eigenvalue weighted by molar-refractivity contribution is 0.0727. The van der Waals surface area contributed by atoms with Crippen LogP contribution in [-0.4, -0.2) is 41.4 Å². The van der Waals surface area contributed by atoms with E-state index in [-0.39, 0.29) is 24.0 Å². The van der Waals surface area contributed by atoms with Crippen LogP contribution in [0.1, 0.15) is 0 Å². The Bertz CT molecular complexity index is 324. The molecule has 1 unspecified atom stereocenters. The van der Waals surface area contributed by atoms with Crippen LogP contribution in [0.4, 0.5) is 11.6 Å². The van der Waals surface area contributed by atoms with Gasteiger partial charge in [0.05, 0.1) is 12.7 Å². The Morgan fingerprint density at radius 3 is 3.07 bits per heavy atom. The van der Waals surface area contributed by atoms with Crippen LogP contribution in [0.2, 0.25) is 5.02 Å². The summed E-state index contributed by atoms with van der Waals surface area (Å²) < 4.78 is 4.77. The summed E-state index contributed by atoms with van der Waals surface area (Å²) in [7, 11) is 1.51. The van der Waals surface area contributed by atoms with Gasteiger partial charge in [0.15, 0.2) is 5.82 Å². The van der Waals surface area contributed by atoms with Gasteiger partial charge in [0.25, 0.3) is 0 Å². The van der Waals surface area contributed by atoms with Crippen LogP contribution in [0.25, 0.3) is 0 Å². The zero-order valence-corrected chi connectivity index (χ0v) is 9.03. The lowest BCUT2D eigenvalue weighted by atomic mass is 10.3. The Labute approximate surface area is 92.4 Å². The van der Waals surface area contributed by atoms with Crippen LogP contribution < -0.4 is 11.1 Å². The molecule has 0 radical (unpaired) electrons. The molecule has 1 heterocycles. The molecule has 84 valence electrons. The van der Waals surface area contributed by atoms with E-state index in [1.807, 2.05) is 0 Å². The van der Waals surface area contributed by atoms with Crippen LogP contribution in [0, 0.1) is 0 Å². The summed E-state index contributed by atoms with van der Waals surface area (Å²) in [6.07, 6.45) is 0.675. The molecule has 0 saturated heterocycles. The fraction of sp³-hybridized carbons (Fsp3) is 0.500. The quantitative estimate of drug-likeness (QED) is 0.668. The van der Waals surface area contributed by atoms with Gasteiger partial charge in [-0.25, -0.2) is 9.97 Å². The zero-order valence-electron chi connectivity index (χ0n) is 8.27.